The molecule has 32 heavy (non-hydrogen) atoms. The molecule has 4 rings (SSSR count). The van der Waals surface area contributed by atoms with Crippen molar-refractivity contribution in [2.45, 2.75) is 19.4 Å². The van der Waals surface area contributed by atoms with Crippen LogP contribution in [-0.4, -0.2) is 43.6 Å². The first-order valence-electron chi connectivity index (χ1n) is 10.1. The number of benzene rings is 2. The molecular formula is C22H22FN3O6. The molecule has 0 saturated carbocycles. The molecule has 9 nitrogen and oxygen atoms in total. The van der Waals surface area contributed by atoms with Gasteiger partial charge in [0.05, 0.1) is 5.92 Å². The number of rotatable bonds is 5. The van der Waals surface area contributed by atoms with E-state index < -0.39 is 29.7 Å². The van der Waals surface area contributed by atoms with E-state index in [2.05, 4.69) is 10.9 Å². The Morgan fingerprint density at radius 2 is 1.88 bits per heavy atom. The van der Waals surface area contributed by atoms with Gasteiger partial charge in [-0.05, 0) is 31.2 Å². The minimum Gasteiger partial charge on any atom is -0.486 e. The fraction of sp³-hybridized carbons (Fsp3) is 0.318. The highest BCUT2D eigenvalue weighted by Gasteiger charge is 2.36. The number of carbonyl (C=O) groups excluding carboxylic acids is 3. The number of hydrazine groups is 1. The number of para-hydroxylation sites is 1. The molecule has 0 spiro atoms. The van der Waals surface area contributed by atoms with Gasteiger partial charge >= 0.3 is 0 Å². The lowest BCUT2D eigenvalue weighted by atomic mass is 10.1. The Bertz CT molecular complexity index is 1050. The summed E-state index contributed by atoms with van der Waals surface area (Å²) in [7, 11) is 0. The van der Waals surface area contributed by atoms with Crippen LogP contribution in [0.1, 0.15) is 13.3 Å². The topological polar surface area (TPSA) is 106 Å². The SMILES string of the molecule is C[C@@H](Oc1ccccc1F)C(=O)NNC(=O)[C@@H]1CC(=O)N(c2ccc3c(c2)OCCO3)C1. The maximum atomic E-state index is 13.7. The summed E-state index contributed by atoms with van der Waals surface area (Å²) in [6, 6.07) is 10.9. The maximum absolute atomic E-state index is 13.7. The first-order chi connectivity index (χ1) is 15.4. The summed E-state index contributed by atoms with van der Waals surface area (Å²) in [6.45, 7) is 2.47. The Labute approximate surface area is 183 Å². The van der Waals surface area contributed by atoms with Crippen LogP contribution < -0.4 is 30.0 Å². The molecule has 3 amide bonds. The van der Waals surface area contributed by atoms with E-state index in [-0.39, 0.29) is 24.6 Å². The fourth-order valence-electron chi connectivity index (χ4n) is 3.44. The average molecular weight is 443 g/mol. The standard InChI is InChI=1S/C22H22FN3O6/c1-13(32-17-5-3-2-4-16(17)23)21(28)24-25-22(29)14-10-20(27)26(12-14)15-6-7-18-19(11-15)31-9-8-30-18/h2-7,11,13-14H,8-10,12H2,1H3,(H,24,28)(H,25,29)/t13-,14-/m1/s1. The molecule has 0 radical (unpaired) electrons. The molecule has 2 aliphatic heterocycles. The van der Waals surface area contributed by atoms with Gasteiger partial charge in [0.25, 0.3) is 5.91 Å². The monoisotopic (exact) mass is 443 g/mol. The van der Waals surface area contributed by atoms with E-state index in [1.165, 1.54) is 30.0 Å². The van der Waals surface area contributed by atoms with E-state index in [0.717, 1.165) is 0 Å². The van der Waals surface area contributed by atoms with Gasteiger partial charge < -0.3 is 19.1 Å². The first kappa shape index (κ1) is 21.4. The van der Waals surface area contributed by atoms with Gasteiger partial charge in [-0.3, -0.25) is 25.2 Å². The molecule has 0 aliphatic carbocycles. The lowest BCUT2D eigenvalue weighted by molar-refractivity contribution is -0.134. The van der Waals surface area contributed by atoms with E-state index >= 15 is 0 Å². The predicted molar refractivity (Wildman–Crippen MR) is 111 cm³/mol. The van der Waals surface area contributed by atoms with Gasteiger partial charge in [0.1, 0.15) is 13.2 Å². The Morgan fingerprint density at radius 3 is 2.66 bits per heavy atom. The highest BCUT2D eigenvalue weighted by atomic mass is 19.1. The van der Waals surface area contributed by atoms with E-state index in [1.54, 1.807) is 24.3 Å². The number of halogens is 1. The van der Waals surface area contributed by atoms with Crippen molar-refractivity contribution < 1.29 is 33.0 Å². The molecule has 2 aromatic carbocycles. The normalized spacial score (nSPS) is 18.1. The Hall–Kier alpha value is -3.82. The van der Waals surface area contributed by atoms with Gasteiger partial charge in [0.2, 0.25) is 11.8 Å². The van der Waals surface area contributed by atoms with Crippen LogP contribution in [0.25, 0.3) is 0 Å². The lowest BCUT2D eigenvalue weighted by Gasteiger charge is -2.22. The van der Waals surface area contributed by atoms with Gasteiger partial charge in [-0.25, -0.2) is 4.39 Å². The smallest absolute Gasteiger partial charge is 0.279 e. The van der Waals surface area contributed by atoms with Crippen LogP contribution in [0.4, 0.5) is 10.1 Å². The highest BCUT2D eigenvalue weighted by Crippen LogP contribution is 2.35. The van der Waals surface area contributed by atoms with E-state index in [1.807, 2.05) is 0 Å². The minimum absolute atomic E-state index is 0.00255. The molecule has 2 aliphatic rings. The number of hydrogen-bond donors (Lipinski definition) is 2. The second kappa shape index (κ2) is 9.13. The first-order valence-corrected chi connectivity index (χ1v) is 10.1. The summed E-state index contributed by atoms with van der Waals surface area (Å²) in [5, 5.41) is 0. The molecule has 2 heterocycles. The molecular weight excluding hydrogens is 421 g/mol. The number of anilines is 1. The number of hydrogen-bond acceptors (Lipinski definition) is 6. The van der Waals surface area contributed by atoms with Gasteiger partial charge in [-0.15, -0.1) is 0 Å². The summed E-state index contributed by atoms with van der Waals surface area (Å²) in [5.41, 5.74) is 5.17. The van der Waals surface area contributed by atoms with Gasteiger partial charge in [-0.2, -0.15) is 0 Å². The average Bonchev–Trinajstić information content (AvgIpc) is 3.20. The minimum atomic E-state index is -1.05. The second-order valence-corrected chi connectivity index (χ2v) is 7.40. The third kappa shape index (κ3) is 4.58. The van der Waals surface area contributed by atoms with Crippen molar-refractivity contribution in [2.24, 2.45) is 5.92 Å². The lowest BCUT2D eigenvalue weighted by Crippen LogP contribution is -2.49. The highest BCUT2D eigenvalue weighted by molar-refractivity contribution is 6.00. The van der Waals surface area contributed by atoms with Crippen molar-refractivity contribution in [3.05, 3.63) is 48.3 Å². The number of carbonyl (C=O) groups is 3. The van der Waals surface area contributed by atoms with Crippen molar-refractivity contribution in [2.75, 3.05) is 24.7 Å². The summed E-state index contributed by atoms with van der Waals surface area (Å²) in [6.07, 6.45) is -1.05. The summed E-state index contributed by atoms with van der Waals surface area (Å²) in [4.78, 5) is 38.6. The molecule has 2 aromatic rings. The maximum Gasteiger partial charge on any atom is 0.279 e. The molecule has 2 N–H and O–H groups in total. The molecule has 0 unspecified atom stereocenters. The van der Waals surface area contributed by atoms with Gasteiger partial charge in [0.15, 0.2) is 29.2 Å². The number of ether oxygens (including phenoxy) is 3. The van der Waals surface area contributed by atoms with Gasteiger partial charge in [0, 0.05) is 24.7 Å². The number of fused-ring (bicyclic) bond motifs is 1. The zero-order valence-electron chi connectivity index (χ0n) is 17.3. The molecule has 0 bridgehead atoms. The third-order valence-electron chi connectivity index (χ3n) is 5.15. The molecule has 2 atom stereocenters. The van der Waals surface area contributed by atoms with E-state index in [4.69, 9.17) is 14.2 Å². The quantitative estimate of drug-likeness (QED) is 0.680. The van der Waals surface area contributed by atoms with Crippen LogP contribution in [0.5, 0.6) is 17.2 Å². The van der Waals surface area contributed by atoms with Crippen molar-refractivity contribution in [3.8, 4) is 17.2 Å². The van der Waals surface area contributed by atoms with Crippen molar-refractivity contribution in [1.82, 2.24) is 10.9 Å². The number of nitrogens with one attached hydrogen (secondary N) is 2. The molecule has 0 aromatic heterocycles. The predicted octanol–water partition coefficient (Wildman–Crippen LogP) is 1.56. The summed E-state index contributed by atoms with van der Waals surface area (Å²) in [5.74, 6) is -1.55. The van der Waals surface area contributed by atoms with Crippen LogP contribution >= 0.6 is 0 Å². The summed E-state index contributed by atoms with van der Waals surface area (Å²) >= 11 is 0. The zero-order valence-corrected chi connectivity index (χ0v) is 17.3. The van der Waals surface area contributed by atoms with Crippen LogP contribution in [0.2, 0.25) is 0 Å². The van der Waals surface area contributed by atoms with Crippen molar-refractivity contribution in [1.29, 1.82) is 0 Å². The second-order valence-electron chi connectivity index (χ2n) is 7.40. The van der Waals surface area contributed by atoms with Gasteiger partial charge in [-0.1, -0.05) is 12.1 Å². The van der Waals surface area contributed by atoms with E-state index in [9.17, 15) is 18.8 Å². The third-order valence-corrected chi connectivity index (χ3v) is 5.15. The fourth-order valence-corrected chi connectivity index (χ4v) is 3.44. The van der Waals surface area contributed by atoms with Crippen molar-refractivity contribution in [3.63, 3.8) is 0 Å². The van der Waals surface area contributed by atoms with Crippen LogP contribution in [0.15, 0.2) is 42.5 Å². The summed E-state index contributed by atoms with van der Waals surface area (Å²) < 4.78 is 30.0. The number of nitrogens with zero attached hydrogens (tertiary/aromatic N) is 1. The number of amides is 3. The molecule has 168 valence electrons. The van der Waals surface area contributed by atoms with E-state index in [0.29, 0.717) is 30.4 Å². The Kier molecular flexibility index (Phi) is 6.11. The zero-order chi connectivity index (χ0) is 22.7. The largest absolute Gasteiger partial charge is 0.486 e. The van der Waals surface area contributed by atoms with Crippen molar-refractivity contribution >= 4 is 23.4 Å². The molecule has 10 heteroatoms. The van der Waals surface area contributed by atoms with Crippen LogP contribution in [0.3, 0.4) is 0 Å². The Morgan fingerprint density at radius 1 is 1.12 bits per heavy atom. The van der Waals surface area contributed by atoms with Crippen LogP contribution in [0, 0.1) is 11.7 Å². The van der Waals surface area contributed by atoms with Crippen LogP contribution in [-0.2, 0) is 14.4 Å². The molecule has 1 saturated heterocycles. The Balaban J connectivity index is 1.31. The molecule has 1 fully saturated rings.